The van der Waals surface area contributed by atoms with E-state index in [0.29, 0.717) is 39.3 Å². The van der Waals surface area contributed by atoms with Crippen LogP contribution in [0.15, 0.2) is 24.8 Å². The van der Waals surface area contributed by atoms with E-state index >= 15 is 0 Å². The Kier molecular flexibility index (Phi) is 6.45. The predicted octanol–water partition coefficient (Wildman–Crippen LogP) is -0.926. The Morgan fingerprint density at radius 3 is 2.35 bits per heavy atom. The molecule has 7 nitrogen and oxygen atoms in total. The zero-order valence-corrected chi connectivity index (χ0v) is 11.2. The number of nitrogens with one attached hydrogen (secondary N) is 1. The molecule has 0 aromatic heterocycles. The van der Waals surface area contributed by atoms with Crippen molar-refractivity contribution >= 4 is 17.8 Å². The molecule has 0 aromatic carbocycles. The molecular formula is C13H19N3O4. The van der Waals surface area contributed by atoms with Crippen LogP contribution in [0.5, 0.6) is 0 Å². The van der Waals surface area contributed by atoms with Gasteiger partial charge in [0.1, 0.15) is 0 Å². The second-order valence-electron chi connectivity index (χ2n) is 4.37. The summed E-state index contributed by atoms with van der Waals surface area (Å²) in [7, 11) is 0. The van der Waals surface area contributed by atoms with Crippen molar-refractivity contribution in [1.82, 2.24) is 15.1 Å². The average Bonchev–Trinajstić information content (AvgIpc) is 2.43. The van der Waals surface area contributed by atoms with Crippen LogP contribution >= 0.6 is 0 Å². The van der Waals surface area contributed by atoms with Crippen LogP contribution in [-0.2, 0) is 14.4 Å². The number of carbonyl (C=O) groups is 3. The van der Waals surface area contributed by atoms with E-state index in [2.05, 4.69) is 11.9 Å². The highest BCUT2D eigenvalue weighted by Crippen LogP contribution is 2.02. The topological polar surface area (TPSA) is 90.0 Å². The summed E-state index contributed by atoms with van der Waals surface area (Å²) in [4.78, 5) is 37.0. The van der Waals surface area contributed by atoms with Crippen molar-refractivity contribution in [3.8, 4) is 0 Å². The zero-order valence-electron chi connectivity index (χ0n) is 11.2. The van der Waals surface area contributed by atoms with Crippen LogP contribution in [0.25, 0.3) is 0 Å². The average molecular weight is 281 g/mol. The number of hydrogen-bond acceptors (Lipinski definition) is 4. The molecule has 0 bridgehead atoms. The number of carboxylic acids is 1. The van der Waals surface area contributed by atoms with Gasteiger partial charge in [0.05, 0.1) is 6.54 Å². The highest BCUT2D eigenvalue weighted by molar-refractivity contribution is 5.94. The van der Waals surface area contributed by atoms with Gasteiger partial charge in [0.25, 0.3) is 0 Å². The van der Waals surface area contributed by atoms with Crippen LogP contribution in [0.1, 0.15) is 0 Å². The molecular weight excluding hydrogens is 262 g/mol. The summed E-state index contributed by atoms with van der Waals surface area (Å²) in [5, 5.41) is 11.1. The molecule has 1 fully saturated rings. The third-order valence-corrected chi connectivity index (χ3v) is 2.86. The van der Waals surface area contributed by atoms with Gasteiger partial charge in [-0.2, -0.15) is 0 Å². The molecule has 1 aliphatic heterocycles. The lowest BCUT2D eigenvalue weighted by molar-refractivity contribution is -0.133. The van der Waals surface area contributed by atoms with Gasteiger partial charge in [-0.15, -0.1) is 6.58 Å². The van der Waals surface area contributed by atoms with Crippen molar-refractivity contribution in [2.24, 2.45) is 0 Å². The minimum atomic E-state index is -1.14. The molecule has 110 valence electrons. The lowest BCUT2D eigenvalue weighted by Crippen LogP contribution is -2.50. The monoisotopic (exact) mass is 281 g/mol. The van der Waals surface area contributed by atoms with Crippen LogP contribution in [0.3, 0.4) is 0 Å². The molecule has 0 aromatic rings. The van der Waals surface area contributed by atoms with Crippen LogP contribution < -0.4 is 5.32 Å². The fraction of sp³-hybridized carbons (Fsp3) is 0.462. The predicted molar refractivity (Wildman–Crippen MR) is 73.0 cm³/mol. The fourth-order valence-corrected chi connectivity index (χ4v) is 1.82. The summed E-state index contributed by atoms with van der Waals surface area (Å²) in [5.74, 6) is -1.53. The number of aliphatic carboxylic acids is 1. The summed E-state index contributed by atoms with van der Waals surface area (Å²) in [6.07, 6.45) is 3.50. The van der Waals surface area contributed by atoms with Gasteiger partial charge in [0.2, 0.25) is 11.8 Å². The molecule has 0 aliphatic carbocycles. The number of piperazine rings is 1. The summed E-state index contributed by atoms with van der Waals surface area (Å²) in [6.45, 7) is 6.40. The number of nitrogens with zero attached hydrogens (tertiary/aromatic N) is 2. The zero-order chi connectivity index (χ0) is 15.0. The Bertz CT molecular complexity index is 412. The molecule has 1 aliphatic rings. The van der Waals surface area contributed by atoms with Crippen LogP contribution in [0, 0.1) is 0 Å². The Morgan fingerprint density at radius 1 is 1.15 bits per heavy atom. The number of carbonyl (C=O) groups excluding carboxylic acids is 2. The van der Waals surface area contributed by atoms with E-state index in [0.717, 1.165) is 12.2 Å². The van der Waals surface area contributed by atoms with Crippen molar-refractivity contribution < 1.29 is 19.5 Å². The van der Waals surface area contributed by atoms with Crippen molar-refractivity contribution in [2.75, 3.05) is 39.3 Å². The molecule has 2 N–H and O–H groups in total. The van der Waals surface area contributed by atoms with E-state index in [-0.39, 0.29) is 11.8 Å². The number of amides is 2. The van der Waals surface area contributed by atoms with E-state index in [1.165, 1.54) is 0 Å². The third kappa shape index (κ3) is 5.66. The molecule has 20 heavy (non-hydrogen) atoms. The minimum absolute atomic E-state index is 0.0737. The van der Waals surface area contributed by atoms with E-state index < -0.39 is 5.97 Å². The van der Waals surface area contributed by atoms with E-state index in [4.69, 9.17) is 5.11 Å². The van der Waals surface area contributed by atoms with Crippen molar-refractivity contribution in [2.45, 2.75) is 0 Å². The van der Waals surface area contributed by atoms with Gasteiger partial charge in [0, 0.05) is 44.9 Å². The molecule has 1 rings (SSSR count). The van der Waals surface area contributed by atoms with Gasteiger partial charge in [-0.25, -0.2) is 4.79 Å². The van der Waals surface area contributed by atoms with Gasteiger partial charge in [0.15, 0.2) is 0 Å². The molecule has 7 heteroatoms. The van der Waals surface area contributed by atoms with E-state index in [1.54, 1.807) is 11.0 Å². The maximum absolute atomic E-state index is 11.6. The lowest BCUT2D eigenvalue weighted by Gasteiger charge is -2.33. The first-order valence-corrected chi connectivity index (χ1v) is 6.33. The Labute approximate surface area is 117 Å². The molecule has 0 saturated carbocycles. The van der Waals surface area contributed by atoms with Crippen molar-refractivity contribution in [3.63, 3.8) is 0 Å². The Morgan fingerprint density at radius 2 is 1.80 bits per heavy atom. The molecule has 1 saturated heterocycles. The second kappa shape index (κ2) is 8.11. The molecule has 0 radical (unpaired) electrons. The van der Waals surface area contributed by atoms with E-state index in [1.807, 2.05) is 4.90 Å². The van der Waals surface area contributed by atoms with Gasteiger partial charge in [-0.3, -0.25) is 14.5 Å². The Hall–Kier alpha value is -2.15. The number of rotatable bonds is 6. The fourth-order valence-electron chi connectivity index (χ4n) is 1.82. The SMILES string of the molecule is C=CCNC(=O)CN1CCN(C(=O)/C=C/C(=O)O)CC1. The summed E-state index contributed by atoms with van der Waals surface area (Å²) < 4.78 is 0. The smallest absolute Gasteiger partial charge is 0.328 e. The third-order valence-electron chi connectivity index (χ3n) is 2.86. The molecule has 0 unspecified atom stereocenters. The van der Waals surface area contributed by atoms with Crippen molar-refractivity contribution in [1.29, 1.82) is 0 Å². The summed E-state index contributed by atoms with van der Waals surface area (Å²) in [5.41, 5.74) is 0. The van der Waals surface area contributed by atoms with E-state index in [9.17, 15) is 14.4 Å². The summed E-state index contributed by atoms with van der Waals surface area (Å²) >= 11 is 0. The molecule has 0 atom stereocenters. The van der Waals surface area contributed by atoms with Gasteiger partial charge in [-0.05, 0) is 0 Å². The maximum Gasteiger partial charge on any atom is 0.328 e. The Balaban J connectivity index is 2.32. The lowest BCUT2D eigenvalue weighted by atomic mass is 10.3. The normalized spacial score (nSPS) is 16.1. The quantitative estimate of drug-likeness (QED) is 0.485. The molecule has 1 heterocycles. The minimum Gasteiger partial charge on any atom is -0.478 e. The largest absolute Gasteiger partial charge is 0.478 e. The highest BCUT2D eigenvalue weighted by atomic mass is 16.4. The van der Waals surface area contributed by atoms with Gasteiger partial charge in [-0.1, -0.05) is 6.08 Å². The number of carboxylic acid groups (broad SMARTS) is 1. The van der Waals surface area contributed by atoms with Gasteiger partial charge >= 0.3 is 5.97 Å². The maximum atomic E-state index is 11.6. The standard InChI is InChI=1S/C13H19N3O4/c1-2-5-14-11(17)10-15-6-8-16(9-7-15)12(18)3-4-13(19)20/h2-4H,1,5-10H2,(H,14,17)(H,19,20)/b4-3+. The van der Waals surface area contributed by atoms with Crippen molar-refractivity contribution in [3.05, 3.63) is 24.8 Å². The number of hydrogen-bond donors (Lipinski definition) is 2. The first kappa shape index (κ1) is 15.9. The van der Waals surface area contributed by atoms with Crippen LogP contribution in [0.4, 0.5) is 0 Å². The second-order valence-corrected chi connectivity index (χ2v) is 4.37. The molecule has 2 amide bonds. The van der Waals surface area contributed by atoms with Gasteiger partial charge < -0.3 is 15.3 Å². The first-order chi connectivity index (χ1) is 9.52. The molecule has 0 spiro atoms. The summed E-state index contributed by atoms with van der Waals surface area (Å²) in [6, 6.07) is 0. The highest BCUT2D eigenvalue weighted by Gasteiger charge is 2.20. The van der Waals surface area contributed by atoms with Crippen LogP contribution in [0.2, 0.25) is 0 Å². The van der Waals surface area contributed by atoms with Crippen LogP contribution in [-0.4, -0.2) is 72.0 Å². The first-order valence-electron chi connectivity index (χ1n) is 6.33.